The summed E-state index contributed by atoms with van der Waals surface area (Å²) in [5.41, 5.74) is 3.27. The molecule has 2 heterocycles. The monoisotopic (exact) mass is 514 g/mol. The lowest BCUT2D eigenvalue weighted by Gasteiger charge is -2.36. The Hall–Kier alpha value is -3.13. The summed E-state index contributed by atoms with van der Waals surface area (Å²) in [4.78, 5) is 33.6. The van der Waals surface area contributed by atoms with Gasteiger partial charge in [-0.05, 0) is 70.4 Å². The van der Waals surface area contributed by atoms with Gasteiger partial charge in [-0.15, -0.1) is 0 Å². The highest BCUT2D eigenvalue weighted by atomic mass is 35.5. The number of nitrogens with zero attached hydrogens (tertiary/aromatic N) is 4. The molecule has 0 saturated carbocycles. The minimum absolute atomic E-state index is 0.123. The number of aromatic nitrogens is 2. The van der Waals surface area contributed by atoms with Gasteiger partial charge in [-0.25, -0.2) is 14.2 Å². The number of piperazine rings is 1. The second-order valence-corrected chi connectivity index (χ2v) is 10.8. The fraction of sp³-hybridized carbons (Fsp3) is 0.444. The van der Waals surface area contributed by atoms with Crippen molar-refractivity contribution in [3.63, 3.8) is 0 Å². The van der Waals surface area contributed by atoms with Gasteiger partial charge in [-0.1, -0.05) is 23.7 Å². The lowest BCUT2D eigenvalue weighted by molar-refractivity contribution is 0.0240. The van der Waals surface area contributed by atoms with Crippen LogP contribution in [0.5, 0.6) is 0 Å². The number of rotatable bonds is 4. The number of benzene rings is 2. The highest BCUT2D eigenvalue weighted by molar-refractivity contribution is 6.32. The number of carbonyl (C=O) groups is 2. The van der Waals surface area contributed by atoms with E-state index in [2.05, 4.69) is 4.90 Å². The Balaban J connectivity index is 1.73. The van der Waals surface area contributed by atoms with Gasteiger partial charge in [-0.3, -0.25) is 4.79 Å². The van der Waals surface area contributed by atoms with Crippen LogP contribution in [0, 0.1) is 19.7 Å². The van der Waals surface area contributed by atoms with E-state index in [0.29, 0.717) is 65.9 Å². The third kappa shape index (κ3) is 5.33. The molecule has 0 aliphatic carbocycles. The molecule has 0 atom stereocenters. The number of anilines is 1. The summed E-state index contributed by atoms with van der Waals surface area (Å²) >= 11 is 6.40. The molecule has 9 heteroatoms. The molecule has 7 nitrogen and oxygen atoms in total. The van der Waals surface area contributed by atoms with E-state index in [-0.39, 0.29) is 17.7 Å². The molecule has 192 valence electrons. The normalized spacial score (nSPS) is 14.4. The molecule has 36 heavy (non-hydrogen) atoms. The smallest absolute Gasteiger partial charge is 0.410 e. The van der Waals surface area contributed by atoms with Gasteiger partial charge in [0, 0.05) is 36.8 Å². The first kappa shape index (κ1) is 25.9. The third-order valence-electron chi connectivity index (χ3n) is 6.23. The van der Waals surface area contributed by atoms with Crippen molar-refractivity contribution in [2.45, 2.75) is 53.7 Å². The summed E-state index contributed by atoms with van der Waals surface area (Å²) in [6.07, 6.45) is -0.335. The van der Waals surface area contributed by atoms with Crippen molar-refractivity contribution in [3.8, 4) is 0 Å². The summed E-state index contributed by atoms with van der Waals surface area (Å²) in [5.74, 6) is 0.342. The van der Waals surface area contributed by atoms with E-state index >= 15 is 0 Å². The van der Waals surface area contributed by atoms with Gasteiger partial charge in [-0.2, -0.15) is 0 Å². The zero-order valence-electron chi connectivity index (χ0n) is 21.6. The first-order valence-corrected chi connectivity index (χ1v) is 12.4. The van der Waals surface area contributed by atoms with Crippen LogP contribution in [0.3, 0.4) is 0 Å². The maximum absolute atomic E-state index is 14.3. The summed E-state index contributed by atoms with van der Waals surface area (Å²) in [7, 11) is 0. The SMILES string of the molecule is CC(=O)c1cc(Cl)cc2c1nc(N1CCN(C(=O)OC(C)(C)C)CC1)n2Cc1cc(C)c(F)c(C)c1. The van der Waals surface area contributed by atoms with Crippen LogP contribution in [0.2, 0.25) is 5.02 Å². The molecule has 4 rings (SSSR count). The molecule has 0 bridgehead atoms. The standard InChI is InChI=1S/C27H32ClFN4O3/c1-16-11-19(12-17(2)23(16)29)15-33-22-14-20(28)13-21(18(3)34)24(22)30-25(33)31-7-9-32(10-8-31)26(35)36-27(4,5)6/h11-14H,7-10,15H2,1-6H3. The number of ketones is 1. The zero-order chi connectivity index (χ0) is 26.4. The van der Waals surface area contributed by atoms with Gasteiger partial charge in [0.2, 0.25) is 5.95 Å². The van der Waals surface area contributed by atoms with Crippen molar-refractivity contribution >= 4 is 40.5 Å². The highest BCUT2D eigenvalue weighted by Crippen LogP contribution is 2.31. The minimum Gasteiger partial charge on any atom is -0.444 e. The summed E-state index contributed by atoms with van der Waals surface area (Å²) in [6.45, 7) is 13.0. The molecule has 2 aromatic carbocycles. The number of Topliss-reactive ketones (excluding diaryl/α,β-unsaturated/α-hetero) is 1. The predicted octanol–water partition coefficient (Wildman–Crippen LogP) is 5.75. The molecule has 0 N–H and O–H groups in total. The lowest BCUT2D eigenvalue weighted by Crippen LogP contribution is -2.50. The first-order valence-electron chi connectivity index (χ1n) is 12.0. The van der Waals surface area contributed by atoms with Crippen molar-refractivity contribution in [2.24, 2.45) is 0 Å². The Kier molecular flexibility index (Phi) is 7.01. The first-order chi connectivity index (χ1) is 16.8. The van der Waals surface area contributed by atoms with Crippen LogP contribution in [0.25, 0.3) is 11.0 Å². The van der Waals surface area contributed by atoms with Gasteiger partial charge in [0.25, 0.3) is 0 Å². The average Bonchev–Trinajstić information content (AvgIpc) is 3.13. The van der Waals surface area contributed by atoms with Crippen molar-refractivity contribution in [3.05, 3.63) is 57.4 Å². The molecule has 1 aliphatic rings. The number of carbonyl (C=O) groups excluding carboxylic acids is 2. The Labute approximate surface area is 215 Å². The number of fused-ring (bicyclic) bond motifs is 1. The maximum atomic E-state index is 14.3. The second-order valence-electron chi connectivity index (χ2n) is 10.4. The fourth-order valence-electron chi connectivity index (χ4n) is 4.57. The zero-order valence-corrected chi connectivity index (χ0v) is 22.4. The van der Waals surface area contributed by atoms with Crippen LogP contribution in [-0.4, -0.2) is 58.1 Å². The molecule has 0 spiro atoms. The van der Waals surface area contributed by atoms with Gasteiger partial charge in [0.15, 0.2) is 5.78 Å². The number of amides is 1. The largest absolute Gasteiger partial charge is 0.444 e. The quantitative estimate of drug-likeness (QED) is 0.414. The Bertz CT molecular complexity index is 1310. The molecule has 1 aliphatic heterocycles. The molecular weight excluding hydrogens is 483 g/mol. The topological polar surface area (TPSA) is 67.7 Å². The van der Waals surface area contributed by atoms with Crippen molar-refractivity contribution in [1.29, 1.82) is 0 Å². The molecule has 1 saturated heterocycles. The molecule has 1 amide bonds. The van der Waals surface area contributed by atoms with Crippen molar-refractivity contribution < 1.29 is 18.7 Å². The molecule has 1 fully saturated rings. The molecule has 1 aromatic heterocycles. The van der Waals surface area contributed by atoms with Crippen LogP contribution < -0.4 is 4.90 Å². The van der Waals surface area contributed by atoms with Crippen LogP contribution in [-0.2, 0) is 11.3 Å². The van der Waals surface area contributed by atoms with E-state index in [0.717, 1.165) is 11.1 Å². The Morgan fingerprint density at radius 2 is 1.67 bits per heavy atom. The predicted molar refractivity (Wildman–Crippen MR) is 140 cm³/mol. The van der Waals surface area contributed by atoms with Crippen LogP contribution in [0.15, 0.2) is 24.3 Å². The van der Waals surface area contributed by atoms with Crippen molar-refractivity contribution in [2.75, 3.05) is 31.1 Å². The number of ether oxygens (including phenoxy) is 1. The van der Waals surface area contributed by atoms with Crippen LogP contribution >= 0.6 is 11.6 Å². The Morgan fingerprint density at radius 3 is 2.22 bits per heavy atom. The highest BCUT2D eigenvalue weighted by Gasteiger charge is 2.29. The van der Waals surface area contributed by atoms with Gasteiger partial charge >= 0.3 is 6.09 Å². The molecular formula is C27H32ClFN4O3. The van der Waals surface area contributed by atoms with E-state index in [4.69, 9.17) is 21.3 Å². The second kappa shape index (κ2) is 9.73. The summed E-state index contributed by atoms with van der Waals surface area (Å²) < 4.78 is 21.8. The number of hydrogen-bond acceptors (Lipinski definition) is 5. The van der Waals surface area contributed by atoms with Crippen LogP contribution in [0.4, 0.5) is 15.1 Å². The number of hydrogen-bond donors (Lipinski definition) is 0. The van der Waals surface area contributed by atoms with E-state index in [1.54, 1.807) is 30.9 Å². The van der Waals surface area contributed by atoms with E-state index in [1.807, 2.05) is 37.5 Å². The van der Waals surface area contributed by atoms with E-state index in [1.165, 1.54) is 6.92 Å². The summed E-state index contributed by atoms with van der Waals surface area (Å²) in [6, 6.07) is 7.10. The summed E-state index contributed by atoms with van der Waals surface area (Å²) in [5, 5.41) is 0.446. The van der Waals surface area contributed by atoms with E-state index < -0.39 is 5.60 Å². The maximum Gasteiger partial charge on any atom is 0.410 e. The van der Waals surface area contributed by atoms with Gasteiger partial charge < -0.3 is 19.1 Å². The average molecular weight is 515 g/mol. The number of imidazole rings is 1. The Morgan fingerprint density at radius 1 is 1.06 bits per heavy atom. The minimum atomic E-state index is -0.560. The third-order valence-corrected chi connectivity index (χ3v) is 6.45. The van der Waals surface area contributed by atoms with Gasteiger partial charge in [0.05, 0.1) is 12.1 Å². The van der Waals surface area contributed by atoms with Crippen LogP contribution in [0.1, 0.15) is 54.7 Å². The lowest BCUT2D eigenvalue weighted by atomic mass is 10.1. The van der Waals surface area contributed by atoms with E-state index in [9.17, 15) is 14.0 Å². The molecule has 3 aromatic rings. The van der Waals surface area contributed by atoms with Crippen molar-refractivity contribution in [1.82, 2.24) is 14.5 Å². The van der Waals surface area contributed by atoms with Gasteiger partial charge in [0.1, 0.15) is 16.9 Å². The fourth-order valence-corrected chi connectivity index (χ4v) is 4.78. The number of aryl methyl sites for hydroxylation is 2. The molecule has 0 unspecified atom stereocenters. The number of halogens is 2. The molecule has 0 radical (unpaired) electrons.